The molecule has 0 heterocycles. The molecule has 0 spiro atoms. The summed E-state index contributed by atoms with van der Waals surface area (Å²) >= 11 is 0. The number of nitrogens with one attached hydrogen (secondary N) is 1. The third-order valence-corrected chi connectivity index (χ3v) is 3.08. The molecule has 1 unspecified atom stereocenters. The lowest BCUT2D eigenvalue weighted by atomic mass is 9.89. The van der Waals surface area contributed by atoms with Crippen LogP contribution in [0.5, 0.6) is 0 Å². The van der Waals surface area contributed by atoms with Crippen molar-refractivity contribution in [2.75, 3.05) is 13.7 Å². The van der Waals surface area contributed by atoms with E-state index >= 15 is 0 Å². The second-order valence-electron chi connectivity index (χ2n) is 5.73. The number of rotatable bonds is 6. The zero-order valence-electron chi connectivity index (χ0n) is 12.1. The van der Waals surface area contributed by atoms with Crippen LogP contribution < -0.4 is 5.32 Å². The van der Waals surface area contributed by atoms with Crippen LogP contribution >= 0.6 is 0 Å². The van der Waals surface area contributed by atoms with Gasteiger partial charge in [-0.15, -0.1) is 0 Å². The molecular weight excluding hydrogens is 242 g/mol. The highest BCUT2D eigenvalue weighted by molar-refractivity contribution is 5.87. The smallest absolute Gasteiger partial charge is 0.335 e. The Bertz CT molecular complexity index is 424. The molecule has 0 fully saturated rings. The zero-order chi connectivity index (χ0) is 14.5. The molecule has 1 aromatic rings. The predicted octanol–water partition coefficient (Wildman–Crippen LogP) is 2.54. The summed E-state index contributed by atoms with van der Waals surface area (Å²) in [5, 5.41) is 12.2. The van der Waals surface area contributed by atoms with Crippen molar-refractivity contribution in [2.24, 2.45) is 5.41 Å². The van der Waals surface area contributed by atoms with E-state index in [0.717, 1.165) is 12.1 Å². The normalized spacial score (nSPS) is 13.3. The first-order chi connectivity index (χ1) is 8.84. The fourth-order valence-electron chi connectivity index (χ4n) is 1.90. The second kappa shape index (κ2) is 6.68. The molecule has 1 atom stereocenters. The summed E-state index contributed by atoms with van der Waals surface area (Å²) in [5.74, 6) is -0.897. The lowest BCUT2D eigenvalue weighted by molar-refractivity contribution is 0.0173. The highest BCUT2D eigenvalue weighted by atomic mass is 16.5. The molecule has 0 aliphatic rings. The molecule has 0 saturated heterocycles. The van der Waals surface area contributed by atoms with E-state index < -0.39 is 5.97 Å². The van der Waals surface area contributed by atoms with E-state index in [1.807, 2.05) is 6.07 Å². The van der Waals surface area contributed by atoms with Crippen LogP contribution in [0.25, 0.3) is 0 Å². The van der Waals surface area contributed by atoms with Crippen LogP contribution in [0.1, 0.15) is 36.7 Å². The number of hydrogen-bond acceptors (Lipinski definition) is 3. The molecule has 0 aliphatic carbocycles. The van der Waals surface area contributed by atoms with Gasteiger partial charge in [-0.3, -0.25) is 0 Å². The Hall–Kier alpha value is -1.39. The van der Waals surface area contributed by atoms with Gasteiger partial charge in [0.25, 0.3) is 0 Å². The summed E-state index contributed by atoms with van der Waals surface area (Å²) in [6, 6.07) is 6.96. The van der Waals surface area contributed by atoms with E-state index in [9.17, 15) is 4.79 Å². The number of carboxylic acids is 1. The van der Waals surface area contributed by atoms with E-state index in [0.29, 0.717) is 12.1 Å². The summed E-state index contributed by atoms with van der Waals surface area (Å²) in [6.07, 6.45) is 0.121. The van der Waals surface area contributed by atoms with Gasteiger partial charge in [-0.25, -0.2) is 4.79 Å². The minimum absolute atomic E-state index is 0.0741. The van der Waals surface area contributed by atoms with Crippen LogP contribution in [0.15, 0.2) is 24.3 Å². The van der Waals surface area contributed by atoms with Gasteiger partial charge in [0, 0.05) is 20.2 Å². The van der Waals surface area contributed by atoms with Gasteiger partial charge in [0.2, 0.25) is 0 Å². The average Bonchev–Trinajstić information content (AvgIpc) is 2.33. The van der Waals surface area contributed by atoms with Gasteiger partial charge in [0.05, 0.1) is 11.7 Å². The summed E-state index contributed by atoms with van der Waals surface area (Å²) in [6.45, 7) is 7.77. The molecule has 1 aromatic carbocycles. The molecule has 4 heteroatoms. The Morgan fingerprint density at radius 1 is 1.42 bits per heavy atom. The van der Waals surface area contributed by atoms with Crippen LogP contribution in [0.3, 0.4) is 0 Å². The third-order valence-electron chi connectivity index (χ3n) is 3.08. The van der Waals surface area contributed by atoms with Gasteiger partial charge in [-0.05, 0) is 23.1 Å². The zero-order valence-corrected chi connectivity index (χ0v) is 12.1. The van der Waals surface area contributed by atoms with Crippen molar-refractivity contribution >= 4 is 5.97 Å². The minimum Gasteiger partial charge on any atom is -0.478 e. The predicted molar refractivity (Wildman–Crippen MR) is 75.4 cm³/mol. The molecule has 0 radical (unpaired) electrons. The quantitative estimate of drug-likeness (QED) is 0.830. The fourth-order valence-corrected chi connectivity index (χ4v) is 1.90. The molecule has 4 nitrogen and oxygen atoms in total. The fraction of sp³-hybridized carbons (Fsp3) is 0.533. The number of hydrogen-bond donors (Lipinski definition) is 2. The summed E-state index contributed by atoms with van der Waals surface area (Å²) in [5.41, 5.74) is 1.35. The molecule has 106 valence electrons. The van der Waals surface area contributed by atoms with Crippen LogP contribution in [0.2, 0.25) is 0 Å². The molecule has 0 bridgehead atoms. The third kappa shape index (κ3) is 5.01. The Kier molecular flexibility index (Phi) is 5.51. The average molecular weight is 265 g/mol. The first-order valence-corrected chi connectivity index (χ1v) is 6.40. The summed E-state index contributed by atoms with van der Waals surface area (Å²) in [7, 11) is 1.71. The van der Waals surface area contributed by atoms with Gasteiger partial charge in [0.1, 0.15) is 0 Å². The van der Waals surface area contributed by atoms with Gasteiger partial charge in [0.15, 0.2) is 0 Å². The Labute approximate surface area is 114 Å². The van der Waals surface area contributed by atoms with Crippen molar-refractivity contribution in [3.05, 3.63) is 35.4 Å². The van der Waals surface area contributed by atoms with Crippen LogP contribution in [0.4, 0.5) is 0 Å². The highest BCUT2D eigenvalue weighted by Crippen LogP contribution is 2.21. The van der Waals surface area contributed by atoms with Gasteiger partial charge in [-0.1, -0.05) is 32.9 Å². The Morgan fingerprint density at radius 2 is 2.11 bits per heavy atom. The van der Waals surface area contributed by atoms with E-state index in [1.165, 1.54) is 0 Å². The second-order valence-corrected chi connectivity index (χ2v) is 5.73. The maximum Gasteiger partial charge on any atom is 0.335 e. The number of ether oxygens (including phenoxy) is 1. The molecular formula is C15H23NO3. The number of methoxy groups -OCH3 is 1. The molecule has 2 N–H and O–H groups in total. The Balaban J connectivity index is 2.53. The van der Waals surface area contributed by atoms with Crippen molar-refractivity contribution in [1.82, 2.24) is 5.32 Å². The van der Waals surface area contributed by atoms with Crippen molar-refractivity contribution in [3.8, 4) is 0 Å². The van der Waals surface area contributed by atoms with Crippen LogP contribution in [-0.2, 0) is 11.3 Å². The van der Waals surface area contributed by atoms with E-state index in [-0.39, 0.29) is 11.5 Å². The first kappa shape index (κ1) is 15.7. The van der Waals surface area contributed by atoms with Crippen LogP contribution in [-0.4, -0.2) is 30.8 Å². The molecule has 0 aliphatic heterocycles. The number of aromatic carboxylic acids is 1. The van der Waals surface area contributed by atoms with Crippen molar-refractivity contribution in [1.29, 1.82) is 0 Å². The summed E-state index contributed by atoms with van der Waals surface area (Å²) < 4.78 is 5.46. The van der Waals surface area contributed by atoms with E-state index in [4.69, 9.17) is 9.84 Å². The maximum absolute atomic E-state index is 10.9. The number of benzene rings is 1. The molecule has 0 aromatic heterocycles. The van der Waals surface area contributed by atoms with Gasteiger partial charge >= 0.3 is 5.97 Å². The van der Waals surface area contributed by atoms with E-state index in [1.54, 1.807) is 25.3 Å². The maximum atomic E-state index is 10.9. The number of carboxylic acid groups (broad SMARTS) is 1. The van der Waals surface area contributed by atoms with E-state index in [2.05, 4.69) is 26.1 Å². The van der Waals surface area contributed by atoms with Gasteiger partial charge in [-0.2, -0.15) is 0 Å². The monoisotopic (exact) mass is 265 g/mol. The lowest BCUT2D eigenvalue weighted by Gasteiger charge is -2.29. The molecule has 1 rings (SSSR count). The number of carbonyl (C=O) groups is 1. The molecule has 19 heavy (non-hydrogen) atoms. The molecule has 0 saturated carbocycles. The highest BCUT2D eigenvalue weighted by Gasteiger charge is 2.23. The first-order valence-electron chi connectivity index (χ1n) is 6.40. The molecule has 0 amide bonds. The Morgan fingerprint density at radius 3 is 2.63 bits per heavy atom. The van der Waals surface area contributed by atoms with Crippen LogP contribution in [0, 0.1) is 5.41 Å². The van der Waals surface area contributed by atoms with Crippen molar-refractivity contribution < 1.29 is 14.6 Å². The van der Waals surface area contributed by atoms with Gasteiger partial charge < -0.3 is 15.2 Å². The SMILES string of the molecule is COC(CNCc1cccc(C(=O)O)c1)C(C)(C)C. The minimum atomic E-state index is -0.897. The topological polar surface area (TPSA) is 58.6 Å². The largest absolute Gasteiger partial charge is 0.478 e. The lowest BCUT2D eigenvalue weighted by Crippen LogP contribution is -2.38. The summed E-state index contributed by atoms with van der Waals surface area (Å²) in [4.78, 5) is 10.9. The standard InChI is InChI=1S/C15H23NO3/c1-15(2,3)13(19-4)10-16-9-11-6-5-7-12(8-11)14(17)18/h5-8,13,16H,9-10H2,1-4H3,(H,17,18). The van der Waals surface area contributed by atoms with Crippen molar-refractivity contribution in [2.45, 2.75) is 33.4 Å². The van der Waals surface area contributed by atoms with Crippen molar-refractivity contribution in [3.63, 3.8) is 0 Å².